The average Bonchev–Trinajstić information content (AvgIpc) is 3.41. The monoisotopic (exact) mass is 492 g/mol. The second-order valence-corrected chi connectivity index (χ2v) is 9.50. The molecular weight excluding hydrogens is 472 g/mol. The third-order valence-electron chi connectivity index (χ3n) is 7.37. The van der Waals surface area contributed by atoms with Gasteiger partial charge in [-0.05, 0) is 22.4 Å². The molecule has 0 saturated heterocycles. The Morgan fingerprint density at radius 1 is 0.737 bits per heavy atom. The van der Waals surface area contributed by atoms with Gasteiger partial charge in [-0.15, -0.1) is 5.10 Å². The second kappa shape index (κ2) is 7.88. The maximum atomic E-state index is 11.1. The van der Waals surface area contributed by atoms with Crippen LogP contribution in [0.15, 0.2) is 109 Å². The molecule has 0 aliphatic carbocycles. The molecule has 1 aliphatic heterocycles. The van der Waals surface area contributed by atoms with Crippen LogP contribution in [0.3, 0.4) is 0 Å². The van der Waals surface area contributed by atoms with Gasteiger partial charge in [-0.3, -0.25) is 0 Å². The van der Waals surface area contributed by atoms with Gasteiger partial charge in [-0.25, -0.2) is 14.5 Å². The van der Waals surface area contributed by atoms with Gasteiger partial charge in [0, 0.05) is 22.3 Å². The molecule has 180 valence electrons. The Bertz CT molecular complexity index is 2030. The molecule has 38 heavy (non-hydrogen) atoms. The summed E-state index contributed by atoms with van der Waals surface area (Å²) in [6, 6.07) is 34.4. The number of aromatic nitrogens is 4. The lowest BCUT2D eigenvalue weighted by Crippen LogP contribution is -2.15. The first kappa shape index (κ1) is 20.9. The Balaban J connectivity index is 1.39. The molecule has 0 unspecified atom stereocenters. The second-order valence-electron chi connectivity index (χ2n) is 9.50. The van der Waals surface area contributed by atoms with Crippen LogP contribution in [0.1, 0.15) is 22.6 Å². The molecule has 2 aromatic heterocycles. The van der Waals surface area contributed by atoms with Crippen LogP contribution in [0.2, 0.25) is 0 Å². The smallest absolute Gasteiger partial charge is 0.228 e. The molecule has 0 radical (unpaired) electrons. The summed E-state index contributed by atoms with van der Waals surface area (Å²) < 4.78 is 8.18. The first-order chi connectivity index (χ1) is 18.8. The fourth-order valence-corrected chi connectivity index (χ4v) is 5.59. The molecule has 0 fully saturated rings. The quantitative estimate of drug-likeness (QED) is 0.279. The van der Waals surface area contributed by atoms with E-state index in [1.165, 1.54) is 0 Å². The standard InChI is InChI=1S/C32H20N4O2/c37-28-22-12-6-4-8-19(22)15-17-25(28)30-34-31-27-26(21-10-2-1-3-11-21)24-16-14-20-9-5-7-13-23(20)29(24)38-32(27)33-18-36(31)35-30/h1-18,26,37H/t26-/m1/s1. The van der Waals surface area contributed by atoms with E-state index in [9.17, 15) is 5.11 Å². The van der Waals surface area contributed by atoms with Crippen LogP contribution in [-0.4, -0.2) is 24.7 Å². The van der Waals surface area contributed by atoms with Crippen LogP contribution in [0.5, 0.6) is 17.4 Å². The first-order valence-corrected chi connectivity index (χ1v) is 12.5. The molecule has 5 aromatic carbocycles. The van der Waals surface area contributed by atoms with E-state index in [0.29, 0.717) is 22.9 Å². The van der Waals surface area contributed by atoms with E-state index < -0.39 is 0 Å². The summed E-state index contributed by atoms with van der Waals surface area (Å²) in [7, 11) is 0. The first-order valence-electron chi connectivity index (χ1n) is 12.5. The van der Waals surface area contributed by atoms with Gasteiger partial charge in [-0.1, -0.05) is 97.1 Å². The summed E-state index contributed by atoms with van der Waals surface area (Å²) in [5.41, 5.74) is 4.23. The molecule has 8 rings (SSSR count). The topological polar surface area (TPSA) is 72.5 Å². The number of aromatic hydroxyl groups is 1. The number of benzene rings is 5. The van der Waals surface area contributed by atoms with E-state index in [0.717, 1.165) is 44.0 Å². The minimum absolute atomic E-state index is 0.155. The predicted molar refractivity (Wildman–Crippen MR) is 147 cm³/mol. The van der Waals surface area contributed by atoms with Gasteiger partial charge in [0.15, 0.2) is 11.5 Å². The molecule has 0 saturated carbocycles. The lowest BCUT2D eigenvalue weighted by molar-refractivity contribution is 0.437. The van der Waals surface area contributed by atoms with Crippen molar-refractivity contribution in [2.75, 3.05) is 0 Å². The Hall–Kier alpha value is -5.23. The minimum Gasteiger partial charge on any atom is -0.507 e. The van der Waals surface area contributed by atoms with Crippen molar-refractivity contribution < 1.29 is 9.84 Å². The summed E-state index contributed by atoms with van der Waals surface area (Å²) >= 11 is 0. The van der Waals surface area contributed by atoms with Gasteiger partial charge >= 0.3 is 0 Å². The van der Waals surface area contributed by atoms with Crippen LogP contribution in [0.4, 0.5) is 0 Å². The summed E-state index contributed by atoms with van der Waals surface area (Å²) in [6.07, 6.45) is 1.63. The number of ether oxygens (including phenoxy) is 1. The van der Waals surface area contributed by atoms with E-state index in [-0.39, 0.29) is 11.7 Å². The Kier molecular flexibility index (Phi) is 4.34. The maximum absolute atomic E-state index is 11.1. The van der Waals surface area contributed by atoms with Gasteiger partial charge < -0.3 is 9.84 Å². The summed E-state index contributed by atoms with van der Waals surface area (Å²) in [5, 5.41) is 19.7. The third kappa shape index (κ3) is 2.97. The average molecular weight is 493 g/mol. The highest BCUT2D eigenvalue weighted by Gasteiger charge is 2.34. The number of hydrogen-bond donors (Lipinski definition) is 1. The zero-order chi connectivity index (χ0) is 25.2. The van der Waals surface area contributed by atoms with Crippen molar-refractivity contribution in [2.45, 2.75) is 5.92 Å². The molecule has 3 heterocycles. The van der Waals surface area contributed by atoms with E-state index in [4.69, 9.17) is 14.8 Å². The van der Waals surface area contributed by atoms with Crippen molar-refractivity contribution in [3.63, 3.8) is 0 Å². The number of phenols is 1. The van der Waals surface area contributed by atoms with Crippen molar-refractivity contribution in [2.24, 2.45) is 0 Å². The highest BCUT2D eigenvalue weighted by atomic mass is 16.5. The van der Waals surface area contributed by atoms with E-state index in [2.05, 4.69) is 41.4 Å². The number of nitrogens with zero attached hydrogens (tertiary/aromatic N) is 4. The molecule has 0 spiro atoms. The third-order valence-corrected chi connectivity index (χ3v) is 7.37. The Morgan fingerprint density at radius 3 is 2.29 bits per heavy atom. The van der Waals surface area contributed by atoms with E-state index >= 15 is 0 Å². The molecule has 1 N–H and O–H groups in total. The number of rotatable bonds is 2. The zero-order valence-corrected chi connectivity index (χ0v) is 20.1. The van der Waals surface area contributed by atoms with Crippen LogP contribution in [0.25, 0.3) is 38.6 Å². The number of hydrogen-bond acceptors (Lipinski definition) is 5. The highest BCUT2D eigenvalue weighted by Crippen LogP contribution is 2.50. The van der Waals surface area contributed by atoms with Crippen molar-refractivity contribution in [1.82, 2.24) is 19.6 Å². The summed E-state index contributed by atoms with van der Waals surface area (Å²) in [4.78, 5) is 9.63. The van der Waals surface area contributed by atoms with Gasteiger partial charge in [0.2, 0.25) is 5.88 Å². The Morgan fingerprint density at radius 2 is 1.45 bits per heavy atom. The fourth-order valence-electron chi connectivity index (χ4n) is 5.59. The largest absolute Gasteiger partial charge is 0.507 e. The van der Waals surface area contributed by atoms with Crippen LogP contribution < -0.4 is 4.74 Å². The van der Waals surface area contributed by atoms with Gasteiger partial charge in [-0.2, -0.15) is 0 Å². The van der Waals surface area contributed by atoms with Crippen LogP contribution in [-0.2, 0) is 0 Å². The minimum atomic E-state index is -0.155. The predicted octanol–water partition coefficient (Wildman–Crippen LogP) is 7.09. The van der Waals surface area contributed by atoms with Crippen molar-refractivity contribution in [1.29, 1.82) is 0 Å². The zero-order valence-electron chi connectivity index (χ0n) is 20.1. The lowest BCUT2D eigenvalue weighted by atomic mass is 9.83. The van der Waals surface area contributed by atoms with E-state index in [1.807, 2.05) is 66.7 Å². The maximum Gasteiger partial charge on any atom is 0.228 e. The summed E-state index contributed by atoms with van der Waals surface area (Å²) in [6.45, 7) is 0. The molecule has 0 bridgehead atoms. The fraction of sp³-hybridized carbons (Fsp3) is 0.0312. The van der Waals surface area contributed by atoms with Crippen LogP contribution in [0, 0.1) is 0 Å². The van der Waals surface area contributed by atoms with Gasteiger partial charge in [0.25, 0.3) is 0 Å². The number of phenolic OH excluding ortho intramolecular Hbond substituents is 1. The molecule has 0 amide bonds. The van der Waals surface area contributed by atoms with Crippen molar-refractivity contribution in [3.8, 4) is 28.8 Å². The van der Waals surface area contributed by atoms with Crippen molar-refractivity contribution >= 4 is 27.2 Å². The molecular formula is C32H20N4O2. The molecule has 6 nitrogen and oxygen atoms in total. The normalized spacial score (nSPS) is 14.4. The summed E-state index contributed by atoms with van der Waals surface area (Å²) in [5.74, 6) is 1.76. The van der Waals surface area contributed by atoms with E-state index in [1.54, 1.807) is 10.8 Å². The molecule has 1 aliphatic rings. The number of fused-ring (bicyclic) bond motifs is 7. The van der Waals surface area contributed by atoms with Crippen molar-refractivity contribution in [3.05, 3.63) is 126 Å². The highest BCUT2D eigenvalue weighted by molar-refractivity contribution is 5.94. The van der Waals surface area contributed by atoms with Crippen LogP contribution >= 0.6 is 0 Å². The van der Waals surface area contributed by atoms with Gasteiger partial charge in [0.05, 0.1) is 11.1 Å². The Labute approximate surface area is 217 Å². The van der Waals surface area contributed by atoms with Gasteiger partial charge in [0.1, 0.15) is 17.8 Å². The molecule has 1 atom stereocenters. The lowest BCUT2D eigenvalue weighted by Gasteiger charge is -2.28. The molecule has 6 heteroatoms. The SMILES string of the molecule is Oc1c(-c2nc3c4c(ncn3n2)Oc2c(ccc3ccccc23)[C@H]4c2ccccc2)ccc2ccccc12. The molecule has 7 aromatic rings.